The van der Waals surface area contributed by atoms with Gasteiger partial charge < -0.3 is 10.6 Å². The molecule has 0 aliphatic carbocycles. The largest absolute Gasteiger partial charge is 0.393 e. The summed E-state index contributed by atoms with van der Waals surface area (Å²) >= 11 is 13.2. The quantitative estimate of drug-likeness (QED) is 0.754. The lowest BCUT2D eigenvalue weighted by atomic mass is 9.88. The SMILES string of the molecule is N#CC1=C(N)SC(C(=O)NC(=O)N2CCCCC2)C1c1ccc(Cl)c(Cl)c1. The van der Waals surface area contributed by atoms with E-state index in [1.54, 1.807) is 23.1 Å². The number of hydrogen-bond donors (Lipinski definition) is 2. The van der Waals surface area contributed by atoms with E-state index in [4.69, 9.17) is 28.9 Å². The van der Waals surface area contributed by atoms with E-state index in [0.29, 0.717) is 34.3 Å². The summed E-state index contributed by atoms with van der Waals surface area (Å²) in [4.78, 5) is 26.8. The monoisotopic (exact) mass is 424 g/mol. The number of nitrogens with two attached hydrogens (primary N) is 1. The van der Waals surface area contributed by atoms with E-state index in [1.807, 2.05) is 0 Å². The number of rotatable bonds is 2. The molecule has 27 heavy (non-hydrogen) atoms. The summed E-state index contributed by atoms with van der Waals surface area (Å²) in [5.41, 5.74) is 6.92. The van der Waals surface area contributed by atoms with Crippen LogP contribution in [0.2, 0.25) is 10.0 Å². The number of amides is 3. The number of nitrogens with zero attached hydrogens (tertiary/aromatic N) is 2. The molecule has 2 atom stereocenters. The molecule has 1 fully saturated rings. The highest BCUT2D eigenvalue weighted by molar-refractivity contribution is 8.04. The molecule has 142 valence electrons. The van der Waals surface area contributed by atoms with Crippen molar-refractivity contribution in [3.8, 4) is 6.07 Å². The van der Waals surface area contributed by atoms with Gasteiger partial charge in [0.1, 0.15) is 5.25 Å². The summed E-state index contributed by atoms with van der Waals surface area (Å²) in [7, 11) is 0. The van der Waals surface area contributed by atoms with Gasteiger partial charge in [0.25, 0.3) is 0 Å². The third-order valence-electron chi connectivity index (χ3n) is 4.69. The van der Waals surface area contributed by atoms with E-state index < -0.39 is 23.1 Å². The Morgan fingerprint density at radius 1 is 1.22 bits per heavy atom. The fourth-order valence-corrected chi connectivity index (χ4v) is 4.78. The van der Waals surface area contributed by atoms with Gasteiger partial charge in [-0.05, 0) is 37.0 Å². The Labute approximate surface area is 171 Å². The highest BCUT2D eigenvalue weighted by Gasteiger charge is 2.41. The minimum atomic E-state index is -0.731. The molecule has 1 saturated heterocycles. The van der Waals surface area contributed by atoms with Crippen LogP contribution < -0.4 is 11.1 Å². The van der Waals surface area contributed by atoms with Crippen LogP contribution in [0.5, 0.6) is 0 Å². The van der Waals surface area contributed by atoms with Crippen molar-refractivity contribution in [1.29, 1.82) is 5.26 Å². The summed E-state index contributed by atoms with van der Waals surface area (Å²) in [6, 6.07) is 6.62. The Kier molecular flexibility index (Phi) is 6.20. The van der Waals surface area contributed by atoms with Gasteiger partial charge in [-0.25, -0.2) is 4.79 Å². The smallest absolute Gasteiger partial charge is 0.324 e. The first kappa shape index (κ1) is 19.9. The summed E-state index contributed by atoms with van der Waals surface area (Å²) in [5.74, 6) is -1.07. The number of nitrogens with one attached hydrogen (secondary N) is 1. The highest BCUT2D eigenvalue weighted by atomic mass is 35.5. The van der Waals surface area contributed by atoms with Crippen LogP contribution in [0.4, 0.5) is 4.79 Å². The number of imide groups is 1. The van der Waals surface area contributed by atoms with E-state index in [-0.39, 0.29) is 5.03 Å². The van der Waals surface area contributed by atoms with Gasteiger partial charge in [0.2, 0.25) is 5.91 Å². The lowest BCUT2D eigenvalue weighted by molar-refractivity contribution is -0.119. The zero-order valence-electron chi connectivity index (χ0n) is 14.4. The molecule has 0 aromatic heterocycles. The van der Waals surface area contributed by atoms with Gasteiger partial charge in [0, 0.05) is 19.0 Å². The minimum Gasteiger partial charge on any atom is -0.393 e. The summed E-state index contributed by atoms with van der Waals surface area (Å²) in [6.45, 7) is 1.27. The molecule has 2 heterocycles. The molecule has 2 aliphatic heterocycles. The Balaban J connectivity index is 1.82. The fourth-order valence-electron chi connectivity index (χ4n) is 3.30. The Hall–Kier alpha value is -1.88. The van der Waals surface area contributed by atoms with Crippen LogP contribution in [0.1, 0.15) is 30.7 Å². The first-order valence-corrected chi connectivity index (χ1v) is 10.2. The first-order valence-electron chi connectivity index (χ1n) is 8.53. The molecule has 0 saturated carbocycles. The van der Waals surface area contributed by atoms with Crippen LogP contribution in [0.15, 0.2) is 28.8 Å². The lowest BCUT2D eigenvalue weighted by Crippen LogP contribution is -2.48. The van der Waals surface area contributed by atoms with E-state index >= 15 is 0 Å². The van der Waals surface area contributed by atoms with E-state index in [9.17, 15) is 14.9 Å². The van der Waals surface area contributed by atoms with Gasteiger partial charge in [-0.2, -0.15) is 5.26 Å². The number of carbonyl (C=O) groups excluding carboxylic acids is 2. The van der Waals surface area contributed by atoms with Gasteiger partial charge in [-0.3, -0.25) is 10.1 Å². The maximum absolute atomic E-state index is 12.8. The van der Waals surface area contributed by atoms with Gasteiger partial charge in [0.15, 0.2) is 0 Å². The van der Waals surface area contributed by atoms with Crippen molar-refractivity contribution in [2.45, 2.75) is 30.4 Å². The fraction of sp³-hybridized carbons (Fsp3) is 0.389. The molecular formula is C18H18Cl2N4O2S. The topological polar surface area (TPSA) is 99.2 Å². The number of carbonyl (C=O) groups is 2. The summed E-state index contributed by atoms with van der Waals surface area (Å²) in [6.07, 6.45) is 2.94. The number of piperidine rings is 1. The number of halogens is 2. The molecule has 3 rings (SSSR count). The van der Waals surface area contributed by atoms with Crippen LogP contribution in [-0.2, 0) is 4.79 Å². The number of hydrogen-bond acceptors (Lipinski definition) is 5. The molecule has 3 N–H and O–H groups in total. The minimum absolute atomic E-state index is 0.277. The molecule has 0 bridgehead atoms. The van der Waals surface area contributed by atoms with Gasteiger partial charge in [0.05, 0.1) is 26.7 Å². The predicted molar refractivity (Wildman–Crippen MR) is 106 cm³/mol. The molecule has 2 aliphatic rings. The second-order valence-corrected chi connectivity index (χ2v) is 8.42. The van der Waals surface area contributed by atoms with E-state index in [0.717, 1.165) is 31.0 Å². The number of thioether (sulfide) groups is 1. The lowest BCUT2D eigenvalue weighted by Gasteiger charge is -2.27. The standard InChI is InChI=1S/C18H18Cl2N4O2S/c19-12-5-4-10(8-13(12)20)14-11(9-21)16(22)27-15(14)17(25)23-18(26)24-6-2-1-3-7-24/h4-5,8,14-15H,1-3,6-7,22H2,(H,23,25,26). The summed E-state index contributed by atoms with van der Waals surface area (Å²) < 4.78 is 0. The third kappa shape index (κ3) is 4.18. The van der Waals surface area contributed by atoms with Gasteiger partial charge >= 0.3 is 6.03 Å². The van der Waals surface area contributed by atoms with Gasteiger partial charge in [-0.1, -0.05) is 41.0 Å². The maximum Gasteiger partial charge on any atom is 0.324 e. The van der Waals surface area contributed by atoms with E-state index in [2.05, 4.69) is 11.4 Å². The second kappa shape index (κ2) is 8.42. The Morgan fingerprint density at radius 2 is 1.93 bits per heavy atom. The van der Waals surface area contributed by atoms with Crippen LogP contribution in [-0.4, -0.2) is 35.2 Å². The normalized spacial score (nSPS) is 22.5. The van der Waals surface area contributed by atoms with Crippen LogP contribution in [0.25, 0.3) is 0 Å². The molecule has 0 spiro atoms. The van der Waals surface area contributed by atoms with Crippen molar-refractivity contribution in [2.24, 2.45) is 5.73 Å². The Bertz CT molecular complexity index is 846. The van der Waals surface area contributed by atoms with Crippen molar-refractivity contribution < 1.29 is 9.59 Å². The average Bonchev–Trinajstić information content (AvgIpc) is 3.01. The van der Waals surface area contributed by atoms with Crippen LogP contribution in [0.3, 0.4) is 0 Å². The first-order chi connectivity index (χ1) is 12.9. The second-order valence-electron chi connectivity index (χ2n) is 6.42. The van der Waals surface area contributed by atoms with Crippen LogP contribution in [0, 0.1) is 11.3 Å². The molecule has 0 radical (unpaired) electrons. The zero-order chi connectivity index (χ0) is 19.6. The third-order valence-corrected chi connectivity index (χ3v) is 6.64. The van der Waals surface area contributed by atoms with Crippen molar-refractivity contribution in [3.63, 3.8) is 0 Å². The molecule has 9 heteroatoms. The van der Waals surface area contributed by atoms with Gasteiger partial charge in [-0.15, -0.1) is 0 Å². The molecule has 1 aromatic carbocycles. The highest BCUT2D eigenvalue weighted by Crippen LogP contribution is 2.46. The van der Waals surface area contributed by atoms with E-state index in [1.165, 1.54) is 0 Å². The maximum atomic E-state index is 12.8. The van der Waals surface area contributed by atoms with Crippen LogP contribution >= 0.6 is 35.0 Å². The summed E-state index contributed by atoms with van der Waals surface area (Å²) in [5, 5.41) is 12.2. The molecule has 1 aromatic rings. The number of likely N-dealkylation sites (tertiary alicyclic amines) is 1. The Morgan fingerprint density at radius 3 is 2.56 bits per heavy atom. The predicted octanol–water partition coefficient (Wildman–Crippen LogP) is 3.61. The average molecular weight is 425 g/mol. The molecule has 3 amide bonds. The van der Waals surface area contributed by atoms with Crippen molar-refractivity contribution in [3.05, 3.63) is 44.4 Å². The number of nitriles is 1. The van der Waals surface area contributed by atoms with Crippen molar-refractivity contribution in [1.82, 2.24) is 10.2 Å². The van der Waals surface area contributed by atoms with Crippen molar-refractivity contribution >= 4 is 46.9 Å². The zero-order valence-corrected chi connectivity index (χ0v) is 16.7. The number of urea groups is 1. The molecule has 6 nitrogen and oxygen atoms in total. The number of benzene rings is 1. The number of allylic oxidation sites excluding steroid dienone is 1. The van der Waals surface area contributed by atoms with Crippen molar-refractivity contribution in [2.75, 3.05) is 13.1 Å². The molecular weight excluding hydrogens is 407 g/mol. The molecule has 2 unspecified atom stereocenters.